The summed E-state index contributed by atoms with van der Waals surface area (Å²) in [6, 6.07) is 3.51. The molecule has 0 saturated heterocycles. The Morgan fingerprint density at radius 1 is 0.529 bits per heavy atom. The largest absolute Gasteiger partial charge is 0.506 e. The number of aryl methyl sites for hydroxylation is 4. The van der Waals surface area contributed by atoms with Gasteiger partial charge in [0.05, 0.1) is 9.79 Å². The second kappa shape index (κ2) is 4.97. The number of phenolic OH excluding ortho intramolecular Hbond substituents is 2. The molecule has 168 valence electrons. The number of aromatic hydroxyl groups is 2. The number of sulfone groups is 2. The fraction of sp³-hybridized carbons (Fsp3) is 0.231. The van der Waals surface area contributed by atoms with E-state index in [4.69, 9.17) is 0 Å². The minimum absolute atomic E-state index is 0.166. The van der Waals surface area contributed by atoms with Crippen LogP contribution in [0.4, 0.5) is 0 Å². The number of rotatable bonds is 0. The molecule has 2 aliphatic carbocycles. The van der Waals surface area contributed by atoms with Crippen LogP contribution < -0.4 is 0 Å². The number of benzene rings is 5. The lowest BCUT2D eigenvalue weighted by atomic mass is 9.79. The van der Waals surface area contributed by atoms with E-state index < -0.39 is 19.7 Å². The summed E-state index contributed by atoms with van der Waals surface area (Å²) in [4.78, 5) is 0.159. The smallest absolute Gasteiger partial charge is 0.215 e. The monoisotopic (exact) mass is 488 g/mol. The van der Waals surface area contributed by atoms with E-state index in [1.165, 1.54) is 0 Å². The fourth-order valence-corrected chi connectivity index (χ4v) is 11.2. The summed E-state index contributed by atoms with van der Waals surface area (Å²) in [5, 5.41) is 27.4. The summed E-state index contributed by atoms with van der Waals surface area (Å²) >= 11 is 0. The van der Waals surface area contributed by atoms with E-state index in [-0.39, 0.29) is 31.1 Å². The molecular weight excluding hydrogens is 472 g/mol. The average Bonchev–Trinajstić information content (AvgIpc) is 3.19. The van der Waals surface area contributed by atoms with Gasteiger partial charge in [-0.1, -0.05) is 0 Å². The van der Waals surface area contributed by atoms with Crippen molar-refractivity contribution >= 4 is 62.8 Å². The molecule has 6 nitrogen and oxygen atoms in total. The van der Waals surface area contributed by atoms with Gasteiger partial charge in [0.25, 0.3) is 0 Å². The molecule has 0 fully saturated rings. The number of phenols is 2. The van der Waals surface area contributed by atoms with Crippen molar-refractivity contribution in [1.82, 2.24) is 0 Å². The summed E-state index contributed by atoms with van der Waals surface area (Å²) in [6.07, 6.45) is 3.76. The van der Waals surface area contributed by atoms with Crippen LogP contribution in [0.2, 0.25) is 0 Å². The second-order valence-electron chi connectivity index (χ2n) is 10.1. The van der Waals surface area contributed by atoms with Crippen LogP contribution in [0, 0.1) is 0 Å². The molecule has 2 heterocycles. The SMILES string of the molecule is O=S1(=O)c2cc3c4c(c(O)c5c6c7c(c(O)c8c9c(cc1c(c2c46)c97)CCC8)S5(=O)=O)CCC3. The van der Waals surface area contributed by atoms with Crippen molar-refractivity contribution in [3.8, 4) is 11.5 Å². The molecule has 9 rings (SSSR count). The lowest BCUT2D eigenvalue weighted by molar-refractivity contribution is 0.449. The minimum Gasteiger partial charge on any atom is -0.506 e. The maximum atomic E-state index is 14.0. The molecule has 0 saturated carbocycles. The number of hydrogen-bond acceptors (Lipinski definition) is 6. The van der Waals surface area contributed by atoms with Crippen LogP contribution in [0.15, 0.2) is 31.7 Å². The molecule has 8 heteroatoms. The Kier molecular flexibility index (Phi) is 2.67. The Morgan fingerprint density at radius 3 is 1.41 bits per heavy atom. The van der Waals surface area contributed by atoms with Gasteiger partial charge in [-0.05, 0) is 72.6 Å². The third-order valence-corrected chi connectivity index (χ3v) is 12.3. The van der Waals surface area contributed by atoms with Gasteiger partial charge in [0.1, 0.15) is 21.3 Å². The summed E-state index contributed by atoms with van der Waals surface area (Å²) < 4.78 is 55.6. The first kappa shape index (κ1) is 18.3. The highest BCUT2D eigenvalue weighted by Gasteiger charge is 2.46. The average molecular weight is 489 g/mol. The second-order valence-corrected chi connectivity index (χ2v) is 13.8. The Labute approximate surface area is 193 Å². The first-order valence-corrected chi connectivity index (χ1v) is 14.5. The highest BCUT2D eigenvalue weighted by atomic mass is 32.2. The number of hydrogen-bond donors (Lipinski definition) is 2. The lowest BCUT2D eigenvalue weighted by Gasteiger charge is -2.24. The molecule has 2 aliphatic heterocycles. The van der Waals surface area contributed by atoms with E-state index in [1.807, 2.05) is 0 Å². The Bertz CT molecular complexity index is 2010. The van der Waals surface area contributed by atoms with E-state index >= 15 is 0 Å². The van der Waals surface area contributed by atoms with Gasteiger partial charge in [-0.3, -0.25) is 0 Å². The zero-order chi connectivity index (χ0) is 23.0. The zero-order valence-electron chi connectivity index (χ0n) is 17.7. The van der Waals surface area contributed by atoms with Crippen LogP contribution in [0.25, 0.3) is 43.1 Å². The molecule has 5 aromatic carbocycles. The predicted molar refractivity (Wildman–Crippen MR) is 126 cm³/mol. The minimum atomic E-state index is -4.20. The fourth-order valence-electron chi connectivity index (χ4n) is 7.52. The molecule has 4 aliphatic rings. The van der Waals surface area contributed by atoms with Gasteiger partial charge < -0.3 is 10.2 Å². The van der Waals surface area contributed by atoms with E-state index in [1.54, 1.807) is 12.1 Å². The maximum Gasteiger partial charge on any atom is 0.215 e. The van der Waals surface area contributed by atoms with Gasteiger partial charge in [-0.25, -0.2) is 16.8 Å². The highest BCUT2D eigenvalue weighted by Crippen LogP contribution is 2.62. The summed E-state index contributed by atoms with van der Waals surface area (Å²) in [7, 11) is -7.98. The summed E-state index contributed by atoms with van der Waals surface area (Å²) in [5.74, 6) is -0.492. The Hall–Kier alpha value is -3.10. The van der Waals surface area contributed by atoms with E-state index in [0.29, 0.717) is 82.0 Å². The van der Waals surface area contributed by atoms with Crippen molar-refractivity contribution in [2.45, 2.75) is 58.1 Å². The quantitative estimate of drug-likeness (QED) is 0.242. The van der Waals surface area contributed by atoms with Crippen LogP contribution in [0.3, 0.4) is 0 Å². The van der Waals surface area contributed by atoms with Gasteiger partial charge in [-0.2, -0.15) is 0 Å². The summed E-state index contributed by atoms with van der Waals surface area (Å²) in [6.45, 7) is 0. The molecule has 0 radical (unpaired) electrons. The van der Waals surface area contributed by atoms with E-state index in [9.17, 15) is 27.0 Å². The van der Waals surface area contributed by atoms with E-state index in [2.05, 4.69) is 0 Å². The molecule has 0 unspecified atom stereocenters. The molecule has 0 spiro atoms. The summed E-state index contributed by atoms with van der Waals surface area (Å²) in [5.41, 5.74) is 2.81. The maximum absolute atomic E-state index is 14.0. The Balaban J connectivity index is 1.80. The van der Waals surface area contributed by atoms with Crippen molar-refractivity contribution in [1.29, 1.82) is 0 Å². The zero-order valence-corrected chi connectivity index (χ0v) is 19.4. The molecule has 0 atom stereocenters. The molecule has 0 amide bonds. The molecule has 0 bridgehead atoms. The Morgan fingerprint density at radius 2 is 0.971 bits per heavy atom. The third-order valence-electron chi connectivity index (χ3n) is 8.67. The van der Waals surface area contributed by atoms with Crippen LogP contribution >= 0.6 is 0 Å². The van der Waals surface area contributed by atoms with Crippen LogP contribution in [0.1, 0.15) is 35.1 Å². The van der Waals surface area contributed by atoms with Crippen molar-refractivity contribution in [2.24, 2.45) is 0 Å². The van der Waals surface area contributed by atoms with Gasteiger partial charge in [0.2, 0.25) is 19.7 Å². The van der Waals surface area contributed by atoms with E-state index in [0.717, 1.165) is 21.9 Å². The molecule has 34 heavy (non-hydrogen) atoms. The first-order chi connectivity index (χ1) is 16.2. The highest BCUT2D eigenvalue weighted by molar-refractivity contribution is 7.93. The van der Waals surface area contributed by atoms with Crippen molar-refractivity contribution in [3.05, 3.63) is 34.4 Å². The first-order valence-electron chi connectivity index (χ1n) is 11.5. The molecule has 2 N–H and O–H groups in total. The van der Waals surface area contributed by atoms with Gasteiger partial charge >= 0.3 is 0 Å². The third kappa shape index (κ3) is 1.54. The van der Waals surface area contributed by atoms with Crippen molar-refractivity contribution < 1.29 is 27.0 Å². The lowest BCUT2D eigenvalue weighted by Crippen LogP contribution is -2.08. The molecular formula is C26H16O6S2. The van der Waals surface area contributed by atoms with Gasteiger partial charge in [0.15, 0.2) is 0 Å². The predicted octanol–water partition coefficient (Wildman–Crippen LogP) is 4.42. The van der Waals surface area contributed by atoms with Gasteiger partial charge in [0, 0.05) is 43.4 Å². The standard InChI is InChI=1S/C26H16O6S2/c27-23-11-5-1-3-9-7-13-17-18-14(33(13,29)30)8-10-4-2-6-12-16(10)20(18)22-21(19(17)15(9)11)25(23)34(31,32)26(22)24(12)28/h7-8,27-28H,1-6H2. The molecule has 5 aromatic rings. The van der Waals surface area contributed by atoms with Crippen LogP contribution in [0.5, 0.6) is 11.5 Å². The van der Waals surface area contributed by atoms with Crippen molar-refractivity contribution in [3.63, 3.8) is 0 Å². The molecule has 0 aromatic heterocycles. The van der Waals surface area contributed by atoms with Gasteiger partial charge in [-0.15, -0.1) is 0 Å². The topological polar surface area (TPSA) is 109 Å². The van der Waals surface area contributed by atoms with Crippen LogP contribution in [-0.2, 0) is 45.4 Å². The van der Waals surface area contributed by atoms with Crippen LogP contribution in [-0.4, -0.2) is 27.0 Å². The van der Waals surface area contributed by atoms with Crippen molar-refractivity contribution in [2.75, 3.05) is 0 Å². The normalized spacial score (nSPS) is 20.2.